The Kier molecular flexibility index (Phi) is 6.73. The van der Waals surface area contributed by atoms with Gasteiger partial charge >= 0.3 is 0 Å². The van der Waals surface area contributed by atoms with E-state index in [1.165, 1.54) is 18.0 Å². The number of hydrogen-bond acceptors (Lipinski definition) is 3. The fourth-order valence-corrected chi connectivity index (χ4v) is 3.00. The molecule has 1 heterocycles. The van der Waals surface area contributed by atoms with Crippen LogP contribution in [0.1, 0.15) is 22.3 Å². The van der Waals surface area contributed by atoms with Crippen LogP contribution in [0.15, 0.2) is 60.1 Å². The van der Waals surface area contributed by atoms with Crippen LogP contribution in [0.3, 0.4) is 0 Å². The van der Waals surface area contributed by atoms with Crippen LogP contribution >= 0.6 is 0 Å². The first-order valence-electron chi connectivity index (χ1n) is 9.24. The van der Waals surface area contributed by atoms with Crippen LogP contribution in [0.5, 0.6) is 0 Å². The van der Waals surface area contributed by atoms with E-state index in [4.69, 9.17) is 0 Å². The minimum absolute atomic E-state index is 0.197. The Hall–Kier alpha value is -3.22. The summed E-state index contributed by atoms with van der Waals surface area (Å²) in [6.07, 6.45) is 4.05. The number of aryl methyl sites for hydroxylation is 1. The van der Waals surface area contributed by atoms with Crippen LogP contribution in [0.25, 0.3) is 0 Å². The van der Waals surface area contributed by atoms with Gasteiger partial charge in [0.25, 0.3) is 0 Å². The third-order valence-corrected chi connectivity index (χ3v) is 4.48. The van der Waals surface area contributed by atoms with E-state index in [9.17, 15) is 4.39 Å². The summed E-state index contributed by atoms with van der Waals surface area (Å²) in [5.41, 5.74) is 4.42. The van der Waals surface area contributed by atoms with Crippen LogP contribution in [-0.4, -0.2) is 34.3 Å². The van der Waals surface area contributed by atoms with E-state index in [0.717, 1.165) is 35.6 Å². The van der Waals surface area contributed by atoms with Gasteiger partial charge in [0.2, 0.25) is 0 Å². The zero-order valence-electron chi connectivity index (χ0n) is 16.2. The molecule has 28 heavy (non-hydrogen) atoms. The van der Waals surface area contributed by atoms with Crippen LogP contribution in [0, 0.1) is 12.7 Å². The average molecular weight is 380 g/mol. The number of aromatic nitrogens is 3. The van der Waals surface area contributed by atoms with Gasteiger partial charge in [-0.3, -0.25) is 4.99 Å². The molecule has 0 amide bonds. The molecule has 6 nitrogen and oxygen atoms in total. The van der Waals surface area contributed by atoms with Gasteiger partial charge in [-0.05, 0) is 47.7 Å². The van der Waals surface area contributed by atoms with E-state index in [1.54, 1.807) is 24.1 Å². The van der Waals surface area contributed by atoms with Crippen LogP contribution in [0.4, 0.5) is 4.39 Å². The predicted molar refractivity (Wildman–Crippen MR) is 109 cm³/mol. The van der Waals surface area contributed by atoms with Crippen molar-refractivity contribution in [3.8, 4) is 0 Å². The summed E-state index contributed by atoms with van der Waals surface area (Å²) >= 11 is 0. The van der Waals surface area contributed by atoms with Crippen molar-refractivity contribution in [2.45, 2.75) is 26.4 Å². The fraction of sp³-hybridized carbons (Fsp3) is 0.286. The standard InChI is InChI=1S/C21H25FN6/c1-16-10-20(22)7-6-19(16)8-9-25-21(23-2)26-12-17-4-3-5-18(11-17)13-28-15-24-14-27-28/h3-7,10-11,14-15H,8-9,12-13H2,1-2H3,(H2,23,25,26). The number of benzene rings is 2. The molecular weight excluding hydrogens is 355 g/mol. The first-order valence-corrected chi connectivity index (χ1v) is 9.24. The van der Waals surface area contributed by atoms with E-state index in [-0.39, 0.29) is 5.82 Å². The van der Waals surface area contributed by atoms with Crippen molar-refractivity contribution in [3.63, 3.8) is 0 Å². The quantitative estimate of drug-likeness (QED) is 0.489. The Morgan fingerprint density at radius 2 is 2.00 bits per heavy atom. The van der Waals surface area contributed by atoms with E-state index in [0.29, 0.717) is 13.1 Å². The van der Waals surface area contributed by atoms with E-state index >= 15 is 0 Å². The Morgan fingerprint density at radius 1 is 1.14 bits per heavy atom. The summed E-state index contributed by atoms with van der Waals surface area (Å²) < 4.78 is 15.0. The molecular formula is C21H25FN6. The van der Waals surface area contributed by atoms with Crippen LogP contribution in [-0.2, 0) is 19.5 Å². The normalized spacial score (nSPS) is 11.5. The maximum absolute atomic E-state index is 13.2. The number of nitrogens with zero attached hydrogens (tertiary/aromatic N) is 4. The lowest BCUT2D eigenvalue weighted by atomic mass is 10.1. The summed E-state index contributed by atoms with van der Waals surface area (Å²) in [4.78, 5) is 8.23. The second-order valence-corrected chi connectivity index (χ2v) is 6.59. The highest BCUT2D eigenvalue weighted by Crippen LogP contribution is 2.10. The lowest BCUT2D eigenvalue weighted by Crippen LogP contribution is -2.37. The number of rotatable bonds is 7. The highest BCUT2D eigenvalue weighted by Gasteiger charge is 2.03. The highest BCUT2D eigenvalue weighted by atomic mass is 19.1. The lowest BCUT2D eigenvalue weighted by molar-refractivity contribution is 0.625. The van der Waals surface area contributed by atoms with Gasteiger partial charge in [0, 0.05) is 20.1 Å². The molecule has 146 valence electrons. The molecule has 0 saturated heterocycles. The number of aliphatic imine (C=N–C) groups is 1. The van der Waals surface area contributed by atoms with E-state index in [2.05, 4.69) is 43.9 Å². The van der Waals surface area contributed by atoms with Gasteiger partial charge in [-0.25, -0.2) is 14.1 Å². The van der Waals surface area contributed by atoms with Gasteiger partial charge in [0.15, 0.2) is 5.96 Å². The van der Waals surface area contributed by atoms with Crippen molar-refractivity contribution >= 4 is 5.96 Å². The molecule has 2 aromatic carbocycles. The van der Waals surface area contributed by atoms with E-state index < -0.39 is 0 Å². The Labute approximate surface area is 164 Å². The Bertz CT molecular complexity index is 920. The molecule has 0 aliphatic rings. The molecule has 7 heteroatoms. The topological polar surface area (TPSA) is 67.1 Å². The Morgan fingerprint density at radius 3 is 2.75 bits per heavy atom. The summed E-state index contributed by atoms with van der Waals surface area (Å²) in [6.45, 7) is 4.01. The van der Waals surface area contributed by atoms with Crippen molar-refractivity contribution < 1.29 is 4.39 Å². The fourth-order valence-electron chi connectivity index (χ4n) is 3.00. The summed E-state index contributed by atoms with van der Waals surface area (Å²) in [7, 11) is 1.75. The molecule has 0 bridgehead atoms. The zero-order chi connectivity index (χ0) is 19.8. The molecule has 0 unspecified atom stereocenters. The van der Waals surface area contributed by atoms with Gasteiger partial charge in [-0.15, -0.1) is 0 Å². The molecule has 0 radical (unpaired) electrons. The molecule has 0 aliphatic carbocycles. The Balaban J connectivity index is 1.48. The summed E-state index contributed by atoms with van der Waals surface area (Å²) in [5, 5.41) is 10.8. The molecule has 0 saturated carbocycles. The SMILES string of the molecule is CN=C(NCCc1ccc(F)cc1C)NCc1cccc(Cn2cncn2)c1. The minimum Gasteiger partial charge on any atom is -0.356 e. The molecule has 0 spiro atoms. The van der Waals surface area contributed by atoms with Gasteiger partial charge < -0.3 is 10.6 Å². The molecule has 0 atom stereocenters. The maximum atomic E-state index is 13.2. The first kappa shape index (κ1) is 19.5. The first-order chi connectivity index (χ1) is 13.6. The molecule has 3 rings (SSSR count). The van der Waals surface area contributed by atoms with Gasteiger partial charge in [-0.2, -0.15) is 5.10 Å². The summed E-state index contributed by atoms with van der Waals surface area (Å²) in [6, 6.07) is 13.2. The summed E-state index contributed by atoms with van der Waals surface area (Å²) in [5.74, 6) is 0.541. The lowest BCUT2D eigenvalue weighted by Gasteiger charge is -2.13. The molecule has 1 aromatic heterocycles. The second kappa shape index (κ2) is 9.64. The monoisotopic (exact) mass is 380 g/mol. The second-order valence-electron chi connectivity index (χ2n) is 6.59. The smallest absolute Gasteiger partial charge is 0.191 e. The van der Waals surface area contributed by atoms with Crippen molar-refractivity contribution in [2.24, 2.45) is 4.99 Å². The third-order valence-electron chi connectivity index (χ3n) is 4.48. The maximum Gasteiger partial charge on any atom is 0.191 e. The molecule has 0 fully saturated rings. The van der Waals surface area contributed by atoms with Crippen LogP contribution in [0.2, 0.25) is 0 Å². The molecule has 2 N–H and O–H groups in total. The number of halogens is 1. The van der Waals surface area contributed by atoms with Crippen molar-refractivity contribution in [3.05, 3.63) is 83.2 Å². The van der Waals surface area contributed by atoms with Crippen molar-refractivity contribution in [1.29, 1.82) is 0 Å². The minimum atomic E-state index is -0.197. The van der Waals surface area contributed by atoms with E-state index in [1.807, 2.05) is 19.1 Å². The zero-order valence-corrected chi connectivity index (χ0v) is 16.2. The van der Waals surface area contributed by atoms with Gasteiger partial charge in [-0.1, -0.05) is 30.3 Å². The number of guanidine groups is 1. The van der Waals surface area contributed by atoms with Crippen molar-refractivity contribution in [1.82, 2.24) is 25.4 Å². The van der Waals surface area contributed by atoms with Gasteiger partial charge in [0.05, 0.1) is 6.54 Å². The largest absolute Gasteiger partial charge is 0.356 e. The average Bonchev–Trinajstić information content (AvgIpc) is 3.19. The number of hydrogen-bond donors (Lipinski definition) is 2. The molecule has 0 aliphatic heterocycles. The molecule has 3 aromatic rings. The highest BCUT2D eigenvalue weighted by molar-refractivity contribution is 5.79. The van der Waals surface area contributed by atoms with Gasteiger partial charge in [0.1, 0.15) is 18.5 Å². The third kappa shape index (κ3) is 5.64. The van der Waals surface area contributed by atoms with Crippen LogP contribution < -0.4 is 10.6 Å². The predicted octanol–water partition coefficient (Wildman–Crippen LogP) is 2.68. The number of nitrogens with one attached hydrogen (secondary N) is 2. The van der Waals surface area contributed by atoms with Crippen molar-refractivity contribution in [2.75, 3.05) is 13.6 Å².